The second kappa shape index (κ2) is 6.64. The highest BCUT2D eigenvalue weighted by Crippen LogP contribution is 2.33. The van der Waals surface area contributed by atoms with Crippen LogP contribution in [0.25, 0.3) is 0 Å². The van der Waals surface area contributed by atoms with Crippen LogP contribution in [0.15, 0.2) is 0 Å². The van der Waals surface area contributed by atoms with Gasteiger partial charge in [-0.25, -0.2) is 0 Å². The third-order valence-corrected chi connectivity index (χ3v) is 4.46. The molecule has 1 nitrogen and oxygen atoms in total. The molecule has 0 saturated heterocycles. The monoisotopic (exact) mass is 223 g/mol. The Balaban J connectivity index is 1.47. The van der Waals surface area contributed by atoms with Crippen LogP contribution in [0.2, 0.25) is 0 Å². The lowest BCUT2D eigenvalue weighted by molar-refractivity contribution is 0.277. The fourth-order valence-corrected chi connectivity index (χ4v) is 3.17. The molecule has 0 aromatic rings. The summed E-state index contributed by atoms with van der Waals surface area (Å²) in [4.78, 5) is 0. The lowest BCUT2D eigenvalue weighted by atomic mass is 9.83. The van der Waals surface area contributed by atoms with Gasteiger partial charge >= 0.3 is 0 Å². The van der Waals surface area contributed by atoms with Crippen molar-refractivity contribution in [3.05, 3.63) is 0 Å². The Hall–Kier alpha value is -0.0400. The molecule has 0 radical (unpaired) electrons. The highest BCUT2D eigenvalue weighted by Gasteiger charge is 2.21. The van der Waals surface area contributed by atoms with E-state index in [1.165, 1.54) is 70.8 Å². The van der Waals surface area contributed by atoms with Gasteiger partial charge in [0.1, 0.15) is 0 Å². The van der Waals surface area contributed by atoms with Crippen LogP contribution in [0.5, 0.6) is 0 Å². The van der Waals surface area contributed by atoms with E-state index < -0.39 is 0 Å². The van der Waals surface area contributed by atoms with E-state index in [4.69, 9.17) is 0 Å². The Bertz CT molecular complexity index is 178. The minimum atomic E-state index is 0.854. The molecule has 2 fully saturated rings. The van der Waals surface area contributed by atoms with Gasteiger partial charge in [-0.1, -0.05) is 32.6 Å². The fourth-order valence-electron chi connectivity index (χ4n) is 3.17. The first-order valence-corrected chi connectivity index (χ1v) is 7.62. The van der Waals surface area contributed by atoms with Crippen LogP contribution < -0.4 is 5.32 Å². The predicted octanol–water partition coefficient (Wildman–Crippen LogP) is 4.13. The van der Waals surface area contributed by atoms with Gasteiger partial charge in [-0.15, -0.1) is 0 Å². The van der Waals surface area contributed by atoms with E-state index in [0.29, 0.717) is 0 Å². The van der Waals surface area contributed by atoms with E-state index in [1.54, 1.807) is 0 Å². The summed E-state index contributed by atoms with van der Waals surface area (Å²) < 4.78 is 0. The minimum Gasteiger partial charge on any atom is -0.314 e. The molecule has 1 N–H and O–H groups in total. The van der Waals surface area contributed by atoms with E-state index in [1.807, 2.05) is 0 Å². The summed E-state index contributed by atoms with van der Waals surface area (Å²) in [7, 11) is 0. The summed E-state index contributed by atoms with van der Waals surface area (Å²) in [6.07, 6.45) is 14.6. The molecule has 0 amide bonds. The van der Waals surface area contributed by atoms with Gasteiger partial charge in [-0.3, -0.25) is 0 Å². The van der Waals surface area contributed by atoms with Crippen LogP contribution in [-0.2, 0) is 0 Å². The molecule has 0 unspecified atom stereocenters. The molecule has 1 heteroatoms. The zero-order valence-electron chi connectivity index (χ0n) is 11.0. The Labute approximate surface area is 101 Å². The minimum absolute atomic E-state index is 0.854. The van der Waals surface area contributed by atoms with E-state index in [2.05, 4.69) is 12.2 Å². The Kier molecular flexibility index (Phi) is 5.15. The van der Waals surface area contributed by atoms with Crippen molar-refractivity contribution < 1.29 is 0 Å². The molecule has 94 valence electrons. The van der Waals surface area contributed by atoms with Crippen molar-refractivity contribution in [1.82, 2.24) is 5.32 Å². The van der Waals surface area contributed by atoms with Gasteiger partial charge in [0.2, 0.25) is 0 Å². The van der Waals surface area contributed by atoms with E-state index in [0.717, 1.165) is 17.9 Å². The fraction of sp³-hybridized carbons (Fsp3) is 1.00. The first kappa shape index (κ1) is 12.4. The molecule has 16 heavy (non-hydrogen) atoms. The SMILES string of the molecule is CCCC1CCC(NCCCC2CC2)CC1. The number of hydrogen-bond donors (Lipinski definition) is 1. The van der Waals surface area contributed by atoms with Gasteiger partial charge in [-0.2, -0.15) is 0 Å². The first-order valence-electron chi connectivity index (χ1n) is 7.62. The summed E-state index contributed by atoms with van der Waals surface area (Å²) in [5, 5.41) is 3.77. The van der Waals surface area contributed by atoms with Gasteiger partial charge in [0.05, 0.1) is 0 Å². The summed E-state index contributed by atoms with van der Waals surface area (Å²) in [5.74, 6) is 2.16. The van der Waals surface area contributed by atoms with Crippen LogP contribution >= 0.6 is 0 Å². The van der Waals surface area contributed by atoms with Crippen molar-refractivity contribution in [2.24, 2.45) is 11.8 Å². The molecule has 0 aromatic heterocycles. The Morgan fingerprint density at radius 3 is 2.12 bits per heavy atom. The topological polar surface area (TPSA) is 12.0 Å². The standard InChI is InChI=1S/C15H29N/c1-2-4-13-8-10-15(11-9-13)16-12-3-5-14-6-7-14/h13-16H,2-12H2,1H3. The van der Waals surface area contributed by atoms with Crippen LogP contribution in [-0.4, -0.2) is 12.6 Å². The van der Waals surface area contributed by atoms with Crippen molar-refractivity contribution >= 4 is 0 Å². The smallest absolute Gasteiger partial charge is 0.00672 e. The lowest BCUT2D eigenvalue weighted by Crippen LogP contribution is -2.33. The molecule has 0 heterocycles. The molecule has 2 aliphatic carbocycles. The second-order valence-electron chi connectivity index (χ2n) is 6.05. The molecular formula is C15H29N. The highest BCUT2D eigenvalue weighted by atomic mass is 14.9. The molecule has 0 spiro atoms. The van der Waals surface area contributed by atoms with Crippen LogP contribution in [0.3, 0.4) is 0 Å². The van der Waals surface area contributed by atoms with E-state index >= 15 is 0 Å². The maximum absolute atomic E-state index is 3.77. The van der Waals surface area contributed by atoms with Crippen molar-refractivity contribution in [2.45, 2.75) is 77.2 Å². The summed E-state index contributed by atoms with van der Waals surface area (Å²) in [5.41, 5.74) is 0. The molecule has 0 bridgehead atoms. The van der Waals surface area contributed by atoms with Gasteiger partial charge in [0, 0.05) is 6.04 Å². The van der Waals surface area contributed by atoms with Crippen LogP contribution in [0.1, 0.15) is 71.1 Å². The number of rotatable bonds is 7. The van der Waals surface area contributed by atoms with E-state index in [9.17, 15) is 0 Å². The van der Waals surface area contributed by atoms with Gasteiger partial charge in [0.25, 0.3) is 0 Å². The highest BCUT2D eigenvalue weighted by molar-refractivity contribution is 4.78. The van der Waals surface area contributed by atoms with Crippen molar-refractivity contribution in [3.8, 4) is 0 Å². The average molecular weight is 223 g/mol. The van der Waals surface area contributed by atoms with Crippen molar-refractivity contribution in [2.75, 3.05) is 6.54 Å². The van der Waals surface area contributed by atoms with Crippen LogP contribution in [0.4, 0.5) is 0 Å². The normalized spacial score (nSPS) is 30.6. The molecule has 2 rings (SSSR count). The average Bonchev–Trinajstić information content (AvgIpc) is 3.11. The van der Waals surface area contributed by atoms with Crippen molar-refractivity contribution in [3.63, 3.8) is 0 Å². The molecule has 0 aromatic carbocycles. The lowest BCUT2D eigenvalue weighted by Gasteiger charge is -2.29. The maximum atomic E-state index is 3.77. The van der Waals surface area contributed by atoms with Gasteiger partial charge < -0.3 is 5.32 Å². The van der Waals surface area contributed by atoms with Crippen molar-refractivity contribution in [1.29, 1.82) is 0 Å². The largest absolute Gasteiger partial charge is 0.314 e. The quantitative estimate of drug-likeness (QED) is 0.640. The van der Waals surface area contributed by atoms with Gasteiger partial charge in [0.15, 0.2) is 0 Å². The number of nitrogens with one attached hydrogen (secondary N) is 1. The molecular weight excluding hydrogens is 194 g/mol. The van der Waals surface area contributed by atoms with E-state index in [-0.39, 0.29) is 0 Å². The molecule has 0 aliphatic heterocycles. The maximum Gasteiger partial charge on any atom is 0.00672 e. The Morgan fingerprint density at radius 1 is 0.875 bits per heavy atom. The summed E-state index contributed by atoms with van der Waals surface area (Å²) in [6.45, 7) is 3.60. The Morgan fingerprint density at radius 2 is 1.50 bits per heavy atom. The summed E-state index contributed by atoms with van der Waals surface area (Å²) in [6, 6.07) is 0.854. The second-order valence-corrected chi connectivity index (χ2v) is 6.05. The molecule has 2 saturated carbocycles. The predicted molar refractivity (Wildman–Crippen MR) is 70.6 cm³/mol. The third-order valence-electron chi connectivity index (χ3n) is 4.46. The number of hydrogen-bond acceptors (Lipinski definition) is 1. The molecule has 2 aliphatic rings. The van der Waals surface area contributed by atoms with Gasteiger partial charge in [-0.05, 0) is 56.9 Å². The zero-order valence-corrected chi connectivity index (χ0v) is 11.0. The third kappa shape index (κ3) is 4.45. The molecule has 0 atom stereocenters. The summed E-state index contributed by atoms with van der Waals surface area (Å²) >= 11 is 0. The zero-order chi connectivity index (χ0) is 11.2. The first-order chi connectivity index (χ1) is 7.88. The van der Waals surface area contributed by atoms with Crippen LogP contribution in [0, 0.1) is 11.8 Å².